The van der Waals surface area contributed by atoms with Crippen molar-refractivity contribution >= 4 is 11.9 Å². The monoisotopic (exact) mass is 303 g/mol. The molecular weight excluding hydrogens is 274 g/mol. The van der Waals surface area contributed by atoms with Crippen molar-refractivity contribution in [3.8, 4) is 0 Å². The Bertz CT molecular complexity index is 428. The zero-order chi connectivity index (χ0) is 15.2. The molecule has 1 aromatic heterocycles. The molecule has 5 nitrogen and oxygen atoms in total. The molecule has 0 bridgehead atoms. The molecule has 2 saturated heterocycles. The van der Waals surface area contributed by atoms with Gasteiger partial charge in [0.05, 0.1) is 0 Å². The second-order valence-corrected chi connectivity index (χ2v) is 6.55. The number of aromatic nitrogens is 3. The molecule has 0 radical (unpaired) electrons. The third-order valence-corrected chi connectivity index (χ3v) is 4.69. The van der Waals surface area contributed by atoms with Gasteiger partial charge in [-0.3, -0.25) is 0 Å². The number of anilines is 2. The molecule has 0 aromatic carbocycles. The van der Waals surface area contributed by atoms with Crippen LogP contribution in [0.5, 0.6) is 0 Å². The van der Waals surface area contributed by atoms with E-state index in [0.717, 1.165) is 56.7 Å². The number of rotatable bonds is 5. The van der Waals surface area contributed by atoms with Gasteiger partial charge in [0, 0.05) is 32.6 Å². The summed E-state index contributed by atoms with van der Waals surface area (Å²) in [4.78, 5) is 19.1. The van der Waals surface area contributed by atoms with E-state index in [2.05, 4.69) is 16.7 Å². The minimum absolute atomic E-state index is 0.918. The molecule has 0 N–H and O–H groups in total. The minimum atomic E-state index is 0.918. The van der Waals surface area contributed by atoms with Gasteiger partial charge in [-0.05, 0) is 44.9 Å². The molecule has 3 rings (SSSR count). The van der Waals surface area contributed by atoms with E-state index in [9.17, 15) is 0 Å². The quantitative estimate of drug-likeness (QED) is 0.836. The fourth-order valence-corrected chi connectivity index (χ4v) is 3.31. The molecule has 1 aromatic rings. The topological polar surface area (TPSA) is 45.2 Å². The molecule has 122 valence electrons. The van der Waals surface area contributed by atoms with Crippen LogP contribution in [0, 0.1) is 0 Å². The standard InChI is InChI=1S/C17H29N5/c1-2-3-10-15-18-16(21-11-6-4-7-12-21)20-17(19-15)22-13-8-5-9-14-22/h2-14H2,1H3. The molecule has 0 unspecified atom stereocenters. The first-order chi connectivity index (χ1) is 10.9. The van der Waals surface area contributed by atoms with Gasteiger partial charge in [-0.15, -0.1) is 0 Å². The molecule has 0 aliphatic carbocycles. The average Bonchev–Trinajstić information content (AvgIpc) is 2.61. The van der Waals surface area contributed by atoms with Crippen molar-refractivity contribution in [1.29, 1.82) is 0 Å². The average molecular weight is 303 g/mol. The largest absolute Gasteiger partial charge is 0.341 e. The van der Waals surface area contributed by atoms with E-state index in [1.807, 2.05) is 0 Å². The summed E-state index contributed by atoms with van der Waals surface area (Å²) >= 11 is 0. The van der Waals surface area contributed by atoms with Crippen LogP contribution in [0.25, 0.3) is 0 Å². The number of nitrogens with zero attached hydrogens (tertiary/aromatic N) is 5. The first kappa shape index (κ1) is 15.5. The predicted molar refractivity (Wildman–Crippen MR) is 90.6 cm³/mol. The van der Waals surface area contributed by atoms with Crippen LogP contribution in [0.1, 0.15) is 64.1 Å². The predicted octanol–water partition coefficient (Wildman–Crippen LogP) is 3.19. The summed E-state index contributed by atoms with van der Waals surface area (Å²) in [5.74, 6) is 2.82. The van der Waals surface area contributed by atoms with Crippen LogP contribution in [-0.4, -0.2) is 41.1 Å². The first-order valence-corrected chi connectivity index (χ1v) is 9.11. The van der Waals surface area contributed by atoms with Gasteiger partial charge in [0.25, 0.3) is 0 Å². The summed E-state index contributed by atoms with van der Waals surface area (Å²) in [7, 11) is 0. The van der Waals surface area contributed by atoms with E-state index in [1.165, 1.54) is 44.9 Å². The summed E-state index contributed by atoms with van der Waals surface area (Å²) < 4.78 is 0. The molecule has 2 fully saturated rings. The number of aryl methyl sites for hydroxylation is 1. The van der Waals surface area contributed by atoms with E-state index in [4.69, 9.17) is 15.0 Å². The zero-order valence-corrected chi connectivity index (χ0v) is 13.9. The van der Waals surface area contributed by atoms with Crippen molar-refractivity contribution in [2.45, 2.75) is 64.7 Å². The van der Waals surface area contributed by atoms with Crippen LogP contribution in [0.4, 0.5) is 11.9 Å². The number of hydrogen-bond acceptors (Lipinski definition) is 5. The number of piperidine rings is 2. The van der Waals surface area contributed by atoms with Gasteiger partial charge in [-0.25, -0.2) is 0 Å². The highest BCUT2D eigenvalue weighted by atomic mass is 15.3. The normalized spacial score (nSPS) is 19.5. The van der Waals surface area contributed by atoms with Crippen LogP contribution in [0.3, 0.4) is 0 Å². The second-order valence-electron chi connectivity index (χ2n) is 6.55. The zero-order valence-electron chi connectivity index (χ0n) is 13.9. The van der Waals surface area contributed by atoms with Gasteiger partial charge in [-0.1, -0.05) is 13.3 Å². The lowest BCUT2D eigenvalue weighted by atomic mass is 10.1. The molecule has 22 heavy (non-hydrogen) atoms. The maximum atomic E-state index is 4.82. The summed E-state index contributed by atoms with van der Waals surface area (Å²) in [6.07, 6.45) is 11.0. The Morgan fingerprint density at radius 1 is 0.727 bits per heavy atom. The van der Waals surface area contributed by atoms with Crippen molar-refractivity contribution in [1.82, 2.24) is 15.0 Å². The molecule has 0 atom stereocenters. The molecule has 3 heterocycles. The summed E-state index contributed by atoms with van der Waals surface area (Å²) in [5, 5.41) is 0. The Labute approximate surface area is 134 Å². The van der Waals surface area contributed by atoms with E-state index < -0.39 is 0 Å². The molecule has 5 heteroatoms. The summed E-state index contributed by atoms with van der Waals surface area (Å²) in [6, 6.07) is 0. The van der Waals surface area contributed by atoms with Gasteiger partial charge < -0.3 is 9.80 Å². The van der Waals surface area contributed by atoms with Crippen LogP contribution >= 0.6 is 0 Å². The maximum absolute atomic E-state index is 4.82. The highest BCUT2D eigenvalue weighted by molar-refractivity contribution is 5.39. The fourth-order valence-electron chi connectivity index (χ4n) is 3.31. The van der Waals surface area contributed by atoms with E-state index in [0.29, 0.717) is 0 Å². The van der Waals surface area contributed by atoms with Gasteiger partial charge in [0.2, 0.25) is 11.9 Å². The lowest BCUT2D eigenvalue weighted by Gasteiger charge is -2.30. The van der Waals surface area contributed by atoms with Crippen LogP contribution in [-0.2, 0) is 6.42 Å². The second kappa shape index (κ2) is 7.75. The van der Waals surface area contributed by atoms with Gasteiger partial charge in [0.1, 0.15) is 5.82 Å². The van der Waals surface area contributed by atoms with E-state index >= 15 is 0 Å². The Morgan fingerprint density at radius 2 is 1.23 bits per heavy atom. The number of hydrogen-bond donors (Lipinski definition) is 0. The van der Waals surface area contributed by atoms with Gasteiger partial charge >= 0.3 is 0 Å². The highest BCUT2D eigenvalue weighted by Gasteiger charge is 2.19. The van der Waals surface area contributed by atoms with Gasteiger partial charge in [0.15, 0.2) is 0 Å². The fraction of sp³-hybridized carbons (Fsp3) is 0.824. The van der Waals surface area contributed by atoms with E-state index in [1.54, 1.807) is 0 Å². The molecule has 0 saturated carbocycles. The third-order valence-electron chi connectivity index (χ3n) is 4.69. The molecule has 0 spiro atoms. The molecular formula is C17H29N5. The minimum Gasteiger partial charge on any atom is -0.341 e. The molecule has 0 amide bonds. The summed E-state index contributed by atoms with van der Waals surface area (Å²) in [6.45, 7) is 6.60. The smallest absolute Gasteiger partial charge is 0.230 e. The van der Waals surface area contributed by atoms with Crippen molar-refractivity contribution in [3.05, 3.63) is 5.82 Å². The van der Waals surface area contributed by atoms with Gasteiger partial charge in [-0.2, -0.15) is 15.0 Å². The maximum Gasteiger partial charge on any atom is 0.230 e. The van der Waals surface area contributed by atoms with Crippen molar-refractivity contribution in [3.63, 3.8) is 0 Å². The van der Waals surface area contributed by atoms with Crippen molar-refractivity contribution < 1.29 is 0 Å². The highest BCUT2D eigenvalue weighted by Crippen LogP contribution is 2.21. The van der Waals surface area contributed by atoms with Crippen molar-refractivity contribution in [2.75, 3.05) is 36.0 Å². The third kappa shape index (κ3) is 3.87. The van der Waals surface area contributed by atoms with Crippen molar-refractivity contribution in [2.24, 2.45) is 0 Å². The van der Waals surface area contributed by atoms with Crippen LogP contribution in [0.15, 0.2) is 0 Å². The Balaban J connectivity index is 1.83. The lowest BCUT2D eigenvalue weighted by molar-refractivity contribution is 0.552. The lowest BCUT2D eigenvalue weighted by Crippen LogP contribution is -2.34. The Kier molecular flexibility index (Phi) is 5.46. The summed E-state index contributed by atoms with van der Waals surface area (Å²) in [5.41, 5.74) is 0. The SMILES string of the molecule is CCCCc1nc(N2CCCCC2)nc(N2CCCCC2)n1. The molecule has 2 aliphatic heterocycles. The Morgan fingerprint density at radius 3 is 1.68 bits per heavy atom. The van der Waals surface area contributed by atoms with E-state index in [-0.39, 0.29) is 0 Å². The number of unbranched alkanes of at least 4 members (excludes halogenated alkanes) is 1. The first-order valence-electron chi connectivity index (χ1n) is 9.11. The van der Waals surface area contributed by atoms with Crippen LogP contribution in [0.2, 0.25) is 0 Å². The van der Waals surface area contributed by atoms with Crippen LogP contribution < -0.4 is 9.80 Å². The Hall–Kier alpha value is -1.39. The molecule has 2 aliphatic rings.